The van der Waals surface area contributed by atoms with Gasteiger partial charge in [-0.25, -0.2) is 4.98 Å². The number of β-amino-alcohol motifs (C(OH)–C–C–N with tert-alkyl or cyclic N) is 1. The lowest BCUT2D eigenvalue weighted by atomic mass is 9.97. The normalized spacial score (nSPS) is 21.0. The monoisotopic (exact) mass is 412 g/mol. The summed E-state index contributed by atoms with van der Waals surface area (Å²) in [6.45, 7) is 5.06. The van der Waals surface area contributed by atoms with Gasteiger partial charge in [-0.2, -0.15) is 0 Å². The fraction of sp³-hybridized carbons (Fsp3) is 0.500. The highest BCUT2D eigenvalue weighted by molar-refractivity contribution is 6.00. The fourth-order valence-electron chi connectivity index (χ4n) is 4.27. The first-order valence-corrected chi connectivity index (χ1v) is 10.6. The van der Waals surface area contributed by atoms with Crippen molar-refractivity contribution in [3.63, 3.8) is 0 Å². The molecule has 160 valence electrons. The molecule has 0 saturated carbocycles. The SMILES string of the molecule is CCc1nc(C)c(C(=O)N[C@H]2C[C@@H](O)CN(C(=O)c3cccc4c3NCCC4)C2)o1. The average Bonchev–Trinajstić information content (AvgIpc) is 3.13. The van der Waals surface area contributed by atoms with E-state index in [0.29, 0.717) is 36.5 Å². The second-order valence-electron chi connectivity index (χ2n) is 8.02. The standard InChI is InChI=1S/C22H28N4O4/c1-3-18-24-13(2)20(30-18)21(28)25-15-10-16(27)12-26(11-15)22(29)17-8-4-6-14-7-5-9-23-19(14)17/h4,6,8,15-16,23,27H,3,5,7,9-12H2,1-2H3,(H,25,28)/t15-,16+/m0/s1. The van der Waals surface area contributed by atoms with E-state index in [9.17, 15) is 14.7 Å². The van der Waals surface area contributed by atoms with Crippen molar-refractivity contribution in [1.29, 1.82) is 0 Å². The maximum Gasteiger partial charge on any atom is 0.289 e. The molecule has 2 atom stereocenters. The zero-order chi connectivity index (χ0) is 21.3. The maximum absolute atomic E-state index is 13.2. The number of nitrogens with zero attached hydrogens (tertiary/aromatic N) is 2. The second kappa shape index (κ2) is 8.47. The number of rotatable bonds is 4. The van der Waals surface area contributed by atoms with E-state index in [4.69, 9.17) is 4.42 Å². The number of hydrogen-bond donors (Lipinski definition) is 3. The van der Waals surface area contributed by atoms with E-state index in [1.807, 2.05) is 25.1 Å². The summed E-state index contributed by atoms with van der Waals surface area (Å²) in [6, 6.07) is 5.39. The minimum absolute atomic E-state index is 0.136. The first-order valence-electron chi connectivity index (χ1n) is 10.6. The zero-order valence-corrected chi connectivity index (χ0v) is 17.4. The van der Waals surface area contributed by atoms with Crippen LogP contribution in [-0.2, 0) is 12.8 Å². The first-order chi connectivity index (χ1) is 14.5. The van der Waals surface area contributed by atoms with Crippen LogP contribution in [0, 0.1) is 6.92 Å². The topological polar surface area (TPSA) is 108 Å². The average molecular weight is 412 g/mol. The number of aliphatic hydroxyl groups excluding tert-OH is 1. The van der Waals surface area contributed by atoms with Gasteiger partial charge in [0.2, 0.25) is 5.76 Å². The Bertz CT molecular complexity index is 955. The third-order valence-electron chi connectivity index (χ3n) is 5.71. The Labute approximate surface area is 175 Å². The molecule has 0 aliphatic carbocycles. The molecule has 8 nitrogen and oxygen atoms in total. The number of carbonyl (C=O) groups is 2. The lowest BCUT2D eigenvalue weighted by molar-refractivity contribution is 0.0369. The largest absolute Gasteiger partial charge is 0.435 e. The number of aryl methyl sites for hydroxylation is 3. The van der Waals surface area contributed by atoms with Crippen LogP contribution in [0.3, 0.4) is 0 Å². The van der Waals surface area contributed by atoms with Gasteiger partial charge >= 0.3 is 0 Å². The second-order valence-corrected chi connectivity index (χ2v) is 8.02. The summed E-state index contributed by atoms with van der Waals surface area (Å²) >= 11 is 0. The lowest BCUT2D eigenvalue weighted by Gasteiger charge is -2.36. The molecule has 3 N–H and O–H groups in total. The number of fused-ring (bicyclic) bond motifs is 1. The van der Waals surface area contributed by atoms with Crippen LogP contribution in [0.1, 0.15) is 57.8 Å². The number of hydrogen-bond acceptors (Lipinski definition) is 6. The molecule has 0 unspecified atom stereocenters. The van der Waals surface area contributed by atoms with Crippen LogP contribution in [0.5, 0.6) is 0 Å². The summed E-state index contributed by atoms with van der Waals surface area (Å²) in [5.41, 5.74) is 3.18. The molecule has 3 heterocycles. The Morgan fingerprint density at radius 1 is 1.37 bits per heavy atom. The molecule has 30 heavy (non-hydrogen) atoms. The van der Waals surface area contributed by atoms with Gasteiger partial charge in [0.25, 0.3) is 11.8 Å². The molecular weight excluding hydrogens is 384 g/mol. The molecule has 2 aliphatic rings. The van der Waals surface area contributed by atoms with Crippen LogP contribution in [0.25, 0.3) is 0 Å². The van der Waals surface area contributed by atoms with Crippen LogP contribution in [0.15, 0.2) is 22.6 Å². The summed E-state index contributed by atoms with van der Waals surface area (Å²) < 4.78 is 5.53. The summed E-state index contributed by atoms with van der Waals surface area (Å²) in [5, 5.41) is 16.6. The van der Waals surface area contributed by atoms with Crippen molar-refractivity contribution in [2.45, 2.75) is 51.7 Å². The summed E-state index contributed by atoms with van der Waals surface area (Å²) in [6.07, 6.45) is 2.27. The van der Waals surface area contributed by atoms with Gasteiger partial charge in [0.1, 0.15) is 0 Å². The van der Waals surface area contributed by atoms with E-state index in [-0.39, 0.29) is 30.2 Å². The van der Waals surface area contributed by atoms with E-state index in [2.05, 4.69) is 15.6 Å². The number of carbonyl (C=O) groups excluding carboxylic acids is 2. The third kappa shape index (κ3) is 4.05. The Balaban J connectivity index is 1.49. The van der Waals surface area contributed by atoms with Crippen LogP contribution < -0.4 is 10.6 Å². The van der Waals surface area contributed by atoms with Gasteiger partial charge in [0.05, 0.1) is 23.0 Å². The minimum Gasteiger partial charge on any atom is -0.435 e. The Morgan fingerprint density at radius 2 is 2.20 bits per heavy atom. The highest BCUT2D eigenvalue weighted by Crippen LogP contribution is 2.28. The molecule has 0 radical (unpaired) electrons. The van der Waals surface area contributed by atoms with Crippen molar-refractivity contribution >= 4 is 17.5 Å². The van der Waals surface area contributed by atoms with Crippen LogP contribution in [-0.4, -0.2) is 58.6 Å². The number of oxazole rings is 1. The molecule has 2 aromatic rings. The predicted molar refractivity (Wildman–Crippen MR) is 112 cm³/mol. The van der Waals surface area contributed by atoms with Crippen molar-refractivity contribution in [3.05, 3.63) is 46.7 Å². The Morgan fingerprint density at radius 3 is 2.97 bits per heavy atom. The van der Waals surface area contributed by atoms with E-state index < -0.39 is 6.10 Å². The number of piperidine rings is 1. The highest BCUT2D eigenvalue weighted by Gasteiger charge is 2.32. The number of aliphatic hydroxyl groups is 1. The van der Waals surface area contributed by atoms with Gasteiger partial charge < -0.3 is 25.1 Å². The fourth-order valence-corrected chi connectivity index (χ4v) is 4.27. The maximum atomic E-state index is 13.2. The Hall–Kier alpha value is -2.87. The number of amides is 2. The molecule has 0 spiro atoms. The lowest BCUT2D eigenvalue weighted by Crippen LogP contribution is -2.54. The van der Waals surface area contributed by atoms with E-state index >= 15 is 0 Å². The van der Waals surface area contributed by atoms with E-state index in [0.717, 1.165) is 30.6 Å². The number of likely N-dealkylation sites (tertiary alicyclic amines) is 1. The molecule has 1 saturated heterocycles. The van der Waals surface area contributed by atoms with E-state index in [1.165, 1.54) is 0 Å². The summed E-state index contributed by atoms with van der Waals surface area (Å²) in [4.78, 5) is 31.8. The van der Waals surface area contributed by atoms with Gasteiger partial charge in [-0.3, -0.25) is 9.59 Å². The zero-order valence-electron chi connectivity index (χ0n) is 17.4. The van der Waals surface area contributed by atoms with Crippen LogP contribution in [0.4, 0.5) is 5.69 Å². The van der Waals surface area contributed by atoms with Gasteiger partial charge in [0, 0.05) is 32.1 Å². The van der Waals surface area contributed by atoms with Gasteiger partial charge in [-0.15, -0.1) is 0 Å². The van der Waals surface area contributed by atoms with Gasteiger partial charge in [-0.1, -0.05) is 19.1 Å². The minimum atomic E-state index is -0.706. The van der Waals surface area contributed by atoms with Crippen LogP contribution >= 0.6 is 0 Å². The summed E-state index contributed by atoms with van der Waals surface area (Å²) in [7, 11) is 0. The molecule has 2 aliphatic heterocycles. The highest BCUT2D eigenvalue weighted by atomic mass is 16.4. The van der Waals surface area contributed by atoms with Crippen molar-refractivity contribution in [1.82, 2.24) is 15.2 Å². The van der Waals surface area contributed by atoms with Crippen molar-refractivity contribution in [2.75, 3.05) is 25.0 Å². The smallest absolute Gasteiger partial charge is 0.289 e. The molecule has 8 heteroatoms. The molecular formula is C22H28N4O4. The number of aromatic nitrogens is 1. The molecule has 1 fully saturated rings. The molecule has 1 aromatic carbocycles. The number of para-hydroxylation sites is 1. The summed E-state index contributed by atoms with van der Waals surface area (Å²) in [5.74, 6) is 0.193. The number of anilines is 1. The molecule has 4 rings (SSSR count). The predicted octanol–water partition coefficient (Wildman–Crippen LogP) is 1.91. The number of nitrogens with one attached hydrogen (secondary N) is 2. The van der Waals surface area contributed by atoms with Crippen molar-refractivity contribution in [3.8, 4) is 0 Å². The number of benzene rings is 1. The molecule has 1 aromatic heterocycles. The molecule has 0 bridgehead atoms. The van der Waals surface area contributed by atoms with Gasteiger partial charge in [-0.05, 0) is 37.8 Å². The van der Waals surface area contributed by atoms with Crippen LogP contribution in [0.2, 0.25) is 0 Å². The van der Waals surface area contributed by atoms with Crippen molar-refractivity contribution < 1.29 is 19.1 Å². The third-order valence-corrected chi connectivity index (χ3v) is 5.71. The van der Waals surface area contributed by atoms with Crippen molar-refractivity contribution in [2.24, 2.45) is 0 Å². The quantitative estimate of drug-likeness (QED) is 0.708. The molecule has 2 amide bonds. The van der Waals surface area contributed by atoms with Gasteiger partial charge in [0.15, 0.2) is 5.89 Å². The first kappa shape index (κ1) is 20.4. The Kier molecular flexibility index (Phi) is 5.76. The van der Waals surface area contributed by atoms with E-state index in [1.54, 1.807) is 11.8 Å².